The Morgan fingerprint density at radius 1 is 0.963 bits per heavy atom. The molecule has 0 bridgehead atoms. The molecule has 0 saturated carbocycles. The van der Waals surface area contributed by atoms with Crippen LogP contribution in [0, 0.1) is 6.92 Å². The van der Waals surface area contributed by atoms with Gasteiger partial charge in [-0.05, 0) is 83.7 Å². The van der Waals surface area contributed by atoms with Crippen LogP contribution in [0.1, 0.15) is 65.5 Å². The zero-order valence-corrected chi connectivity index (χ0v) is 18.7. The summed E-state index contributed by atoms with van der Waals surface area (Å²) in [6, 6.07) is 6.45. The fourth-order valence-electron chi connectivity index (χ4n) is 3.69. The molecular formula is C26H36O. The molecule has 0 aromatic heterocycles. The Bertz CT molecular complexity index is 824. The highest BCUT2D eigenvalue weighted by Crippen LogP contribution is 2.45. The minimum Gasteiger partial charge on any atom is -0.496 e. The van der Waals surface area contributed by atoms with Crippen molar-refractivity contribution in [2.75, 3.05) is 7.11 Å². The van der Waals surface area contributed by atoms with E-state index in [1.165, 1.54) is 33.4 Å². The fourth-order valence-corrected chi connectivity index (χ4v) is 3.69. The molecule has 0 saturated heterocycles. The van der Waals surface area contributed by atoms with E-state index in [1.54, 1.807) is 7.11 Å². The summed E-state index contributed by atoms with van der Waals surface area (Å²) in [5, 5.41) is 0. The Hall–Kier alpha value is -2.28. The average molecular weight is 365 g/mol. The maximum atomic E-state index is 5.79. The van der Waals surface area contributed by atoms with Crippen LogP contribution in [0.4, 0.5) is 0 Å². The lowest BCUT2D eigenvalue weighted by Gasteiger charge is -2.30. The van der Waals surface area contributed by atoms with Crippen molar-refractivity contribution in [3.8, 4) is 5.75 Å². The van der Waals surface area contributed by atoms with E-state index in [4.69, 9.17) is 4.74 Å². The maximum Gasteiger partial charge on any atom is 0.123 e. The Kier molecular flexibility index (Phi) is 8.09. The highest BCUT2D eigenvalue weighted by Gasteiger charge is 2.28. The lowest BCUT2D eigenvalue weighted by Crippen LogP contribution is -2.13. The molecule has 1 unspecified atom stereocenters. The Balaban J connectivity index is 4.05. The van der Waals surface area contributed by atoms with Crippen LogP contribution in [0.2, 0.25) is 0 Å². The zero-order valence-electron chi connectivity index (χ0n) is 18.7. The average Bonchev–Trinajstić information content (AvgIpc) is 2.59. The molecule has 1 nitrogen and oxygen atoms in total. The van der Waals surface area contributed by atoms with Crippen molar-refractivity contribution in [3.05, 3.63) is 87.6 Å². The SMILES string of the molecule is C=C(C)C(=C(C)C)C(/C(C(=C)C)=C(C)/C(C)=C\C)c1ccc(C)cc1OC. The van der Waals surface area contributed by atoms with E-state index < -0.39 is 0 Å². The number of rotatable bonds is 7. The highest BCUT2D eigenvalue weighted by molar-refractivity contribution is 5.59. The molecule has 0 heterocycles. The van der Waals surface area contributed by atoms with Crippen molar-refractivity contribution in [3.63, 3.8) is 0 Å². The summed E-state index contributed by atoms with van der Waals surface area (Å²) in [4.78, 5) is 0. The first-order valence-electron chi connectivity index (χ1n) is 9.54. The molecule has 27 heavy (non-hydrogen) atoms. The molecule has 1 rings (SSSR count). The smallest absolute Gasteiger partial charge is 0.123 e. The molecule has 0 amide bonds. The molecule has 0 spiro atoms. The van der Waals surface area contributed by atoms with E-state index in [-0.39, 0.29) is 5.92 Å². The second-order valence-electron chi connectivity index (χ2n) is 7.66. The summed E-state index contributed by atoms with van der Waals surface area (Å²) in [6.45, 7) is 25.6. The molecule has 0 aliphatic carbocycles. The summed E-state index contributed by atoms with van der Waals surface area (Å²) in [5.41, 5.74) is 10.8. The van der Waals surface area contributed by atoms with Crippen LogP contribution in [0.5, 0.6) is 5.75 Å². The summed E-state index contributed by atoms with van der Waals surface area (Å²) in [5.74, 6) is 0.945. The van der Waals surface area contributed by atoms with Crippen molar-refractivity contribution in [2.45, 2.75) is 61.3 Å². The van der Waals surface area contributed by atoms with E-state index in [0.717, 1.165) is 22.5 Å². The Labute approximate surface area is 166 Å². The van der Waals surface area contributed by atoms with Gasteiger partial charge in [0, 0.05) is 11.5 Å². The molecule has 1 aromatic carbocycles. The van der Waals surface area contributed by atoms with Crippen LogP contribution < -0.4 is 4.74 Å². The predicted octanol–water partition coefficient (Wildman–Crippen LogP) is 7.86. The quantitative estimate of drug-likeness (QED) is 0.447. The van der Waals surface area contributed by atoms with Gasteiger partial charge >= 0.3 is 0 Å². The number of hydrogen-bond donors (Lipinski definition) is 0. The second kappa shape index (κ2) is 9.60. The third kappa shape index (κ3) is 5.13. The lowest BCUT2D eigenvalue weighted by atomic mass is 9.75. The molecule has 0 radical (unpaired) electrons. The van der Waals surface area contributed by atoms with Gasteiger partial charge in [0.2, 0.25) is 0 Å². The molecule has 0 fully saturated rings. The van der Waals surface area contributed by atoms with Crippen molar-refractivity contribution in [1.82, 2.24) is 0 Å². The van der Waals surface area contributed by atoms with Crippen molar-refractivity contribution in [2.24, 2.45) is 0 Å². The molecule has 1 heteroatoms. The number of methoxy groups -OCH3 is 1. The molecule has 0 aliphatic heterocycles. The minimum atomic E-state index is 0.0375. The van der Waals surface area contributed by atoms with Gasteiger partial charge in [0.15, 0.2) is 0 Å². The number of benzene rings is 1. The van der Waals surface area contributed by atoms with Gasteiger partial charge in [0.05, 0.1) is 7.11 Å². The first kappa shape index (κ1) is 22.8. The van der Waals surface area contributed by atoms with Gasteiger partial charge in [-0.3, -0.25) is 0 Å². The van der Waals surface area contributed by atoms with Gasteiger partial charge in [-0.2, -0.15) is 0 Å². The monoisotopic (exact) mass is 364 g/mol. The maximum absolute atomic E-state index is 5.79. The van der Waals surface area contributed by atoms with Crippen LogP contribution in [0.25, 0.3) is 0 Å². The zero-order chi connectivity index (χ0) is 20.9. The Morgan fingerprint density at radius 2 is 1.52 bits per heavy atom. The van der Waals surface area contributed by atoms with E-state index >= 15 is 0 Å². The highest BCUT2D eigenvalue weighted by atomic mass is 16.5. The van der Waals surface area contributed by atoms with Crippen LogP contribution >= 0.6 is 0 Å². The number of allylic oxidation sites excluding steroid dienone is 8. The Morgan fingerprint density at radius 3 is 1.93 bits per heavy atom. The topological polar surface area (TPSA) is 9.23 Å². The first-order chi connectivity index (χ1) is 12.6. The number of hydrogen-bond acceptors (Lipinski definition) is 1. The van der Waals surface area contributed by atoms with Gasteiger partial charge in [0.1, 0.15) is 5.75 Å². The third-order valence-electron chi connectivity index (χ3n) is 5.16. The summed E-state index contributed by atoms with van der Waals surface area (Å²) in [7, 11) is 1.74. The van der Waals surface area contributed by atoms with E-state index in [9.17, 15) is 0 Å². The number of ether oxygens (including phenoxy) is 1. The minimum absolute atomic E-state index is 0.0375. The lowest BCUT2D eigenvalue weighted by molar-refractivity contribution is 0.408. The van der Waals surface area contributed by atoms with Crippen LogP contribution in [0.15, 0.2) is 76.4 Å². The van der Waals surface area contributed by atoms with Gasteiger partial charge < -0.3 is 4.74 Å². The van der Waals surface area contributed by atoms with Gasteiger partial charge in [-0.25, -0.2) is 0 Å². The van der Waals surface area contributed by atoms with E-state index in [1.807, 2.05) is 0 Å². The number of aryl methyl sites for hydroxylation is 1. The largest absolute Gasteiger partial charge is 0.496 e. The molecule has 146 valence electrons. The van der Waals surface area contributed by atoms with Crippen LogP contribution in [-0.4, -0.2) is 7.11 Å². The van der Waals surface area contributed by atoms with Crippen molar-refractivity contribution in [1.29, 1.82) is 0 Å². The van der Waals surface area contributed by atoms with Crippen LogP contribution in [-0.2, 0) is 0 Å². The third-order valence-corrected chi connectivity index (χ3v) is 5.16. The molecular weight excluding hydrogens is 328 g/mol. The standard InChI is InChI=1S/C26H36O/c1-12-20(9)21(10)25(18(6)7)26(24(16(2)3)17(4)5)22-14-13-19(8)15-23(22)27-11/h12-15,26H,2,6H2,1,3-5,7-11H3/b20-12-,25-21+. The van der Waals surface area contributed by atoms with E-state index in [2.05, 4.69) is 92.8 Å². The van der Waals surface area contributed by atoms with E-state index in [0.29, 0.717) is 0 Å². The van der Waals surface area contributed by atoms with Crippen LogP contribution in [0.3, 0.4) is 0 Å². The van der Waals surface area contributed by atoms with Gasteiger partial charge in [-0.1, -0.05) is 53.7 Å². The second-order valence-corrected chi connectivity index (χ2v) is 7.66. The predicted molar refractivity (Wildman–Crippen MR) is 121 cm³/mol. The summed E-state index contributed by atoms with van der Waals surface area (Å²) < 4.78 is 5.79. The first-order valence-corrected chi connectivity index (χ1v) is 9.54. The summed E-state index contributed by atoms with van der Waals surface area (Å²) >= 11 is 0. The molecule has 0 aliphatic rings. The van der Waals surface area contributed by atoms with Gasteiger partial charge in [-0.15, -0.1) is 0 Å². The van der Waals surface area contributed by atoms with Crippen molar-refractivity contribution >= 4 is 0 Å². The van der Waals surface area contributed by atoms with Crippen molar-refractivity contribution < 1.29 is 4.74 Å². The summed E-state index contributed by atoms with van der Waals surface area (Å²) in [6.07, 6.45) is 2.16. The fraction of sp³-hybridized carbons (Fsp3) is 0.385. The molecule has 1 atom stereocenters. The molecule has 0 N–H and O–H groups in total. The molecule has 1 aromatic rings. The normalized spacial score (nSPS) is 13.6. The van der Waals surface area contributed by atoms with Gasteiger partial charge in [0.25, 0.3) is 0 Å².